The Balaban J connectivity index is 1.54. The Bertz CT molecular complexity index is 968. The Morgan fingerprint density at radius 3 is 2.82 bits per heavy atom. The maximum atomic E-state index is 12.1. The fourth-order valence-corrected chi connectivity index (χ4v) is 4.17. The summed E-state index contributed by atoms with van der Waals surface area (Å²) in [5, 5.41) is 3.96. The van der Waals surface area contributed by atoms with E-state index < -0.39 is 5.97 Å². The van der Waals surface area contributed by atoms with E-state index in [-0.39, 0.29) is 11.7 Å². The van der Waals surface area contributed by atoms with Crippen molar-refractivity contribution in [2.45, 2.75) is 17.7 Å². The van der Waals surface area contributed by atoms with E-state index in [1.54, 1.807) is 35.6 Å². The first-order chi connectivity index (χ1) is 13.7. The molecule has 1 aromatic heterocycles. The van der Waals surface area contributed by atoms with E-state index in [0.717, 1.165) is 21.0 Å². The highest BCUT2D eigenvalue weighted by molar-refractivity contribution is 8.01. The van der Waals surface area contributed by atoms with Crippen LogP contribution in [0.15, 0.2) is 58.0 Å². The smallest absolute Gasteiger partial charge is 0.338 e. The Hall–Kier alpha value is -2.71. The number of fused-ring (bicyclic) bond motifs is 1. The standard InChI is InChI=1S/C20H19N3O3S2/c1-2-11-26-19(25)15-8-4-3-7-14(15)12-21-23-18(24)13-27-20-22-16-9-5-6-10-17(16)28-20/h3-10,12H,2,11,13H2,1H3,(H,23,24)/b21-12+. The summed E-state index contributed by atoms with van der Waals surface area (Å²) in [6.45, 7) is 2.30. The Labute approximate surface area is 171 Å². The first-order valence-electron chi connectivity index (χ1n) is 8.74. The van der Waals surface area contributed by atoms with Crippen molar-refractivity contribution < 1.29 is 14.3 Å². The number of para-hydroxylation sites is 1. The maximum Gasteiger partial charge on any atom is 0.338 e. The minimum absolute atomic E-state index is 0.206. The second kappa shape index (κ2) is 10.0. The number of thiazole rings is 1. The lowest BCUT2D eigenvalue weighted by Crippen LogP contribution is -2.19. The summed E-state index contributed by atoms with van der Waals surface area (Å²) in [6, 6.07) is 14.8. The molecule has 0 unspecified atom stereocenters. The van der Waals surface area contributed by atoms with Crippen LogP contribution in [0.2, 0.25) is 0 Å². The number of aromatic nitrogens is 1. The number of esters is 1. The lowest BCUT2D eigenvalue weighted by atomic mass is 10.1. The summed E-state index contributed by atoms with van der Waals surface area (Å²) in [5.74, 6) is -0.440. The fourth-order valence-electron chi connectivity index (χ4n) is 2.31. The molecule has 8 heteroatoms. The van der Waals surface area contributed by atoms with Gasteiger partial charge in [-0.3, -0.25) is 4.79 Å². The maximum absolute atomic E-state index is 12.1. The number of carbonyl (C=O) groups is 2. The van der Waals surface area contributed by atoms with Crippen molar-refractivity contribution in [2.24, 2.45) is 5.10 Å². The SMILES string of the molecule is CCCOC(=O)c1ccccc1/C=N/NC(=O)CSc1nc2ccccc2s1. The molecule has 1 N–H and O–H groups in total. The third-order valence-electron chi connectivity index (χ3n) is 3.61. The van der Waals surface area contributed by atoms with Crippen molar-refractivity contribution >= 4 is 51.4 Å². The lowest BCUT2D eigenvalue weighted by molar-refractivity contribution is -0.118. The van der Waals surface area contributed by atoms with Crippen LogP contribution in [-0.4, -0.2) is 35.4 Å². The summed E-state index contributed by atoms with van der Waals surface area (Å²) in [4.78, 5) is 28.6. The third kappa shape index (κ3) is 5.40. The Kier molecular flexibility index (Phi) is 7.16. The first-order valence-corrected chi connectivity index (χ1v) is 10.5. The number of benzene rings is 2. The molecule has 0 spiro atoms. The monoisotopic (exact) mass is 413 g/mol. The molecule has 28 heavy (non-hydrogen) atoms. The molecule has 144 valence electrons. The van der Waals surface area contributed by atoms with Crippen LogP contribution in [0.5, 0.6) is 0 Å². The molecular formula is C20H19N3O3S2. The molecule has 6 nitrogen and oxygen atoms in total. The molecule has 0 saturated carbocycles. The molecule has 0 aliphatic carbocycles. The number of nitrogens with zero attached hydrogens (tertiary/aromatic N) is 2. The van der Waals surface area contributed by atoms with Crippen LogP contribution >= 0.6 is 23.1 Å². The van der Waals surface area contributed by atoms with Gasteiger partial charge in [0.1, 0.15) is 0 Å². The molecular weight excluding hydrogens is 394 g/mol. The molecule has 3 aromatic rings. The number of rotatable bonds is 8. The zero-order valence-electron chi connectivity index (χ0n) is 15.3. The highest BCUT2D eigenvalue weighted by Gasteiger charge is 2.11. The third-order valence-corrected chi connectivity index (χ3v) is 5.79. The minimum atomic E-state index is -0.401. The number of hydrazone groups is 1. The zero-order chi connectivity index (χ0) is 19.8. The molecule has 3 rings (SSSR count). The van der Waals surface area contributed by atoms with Crippen LogP contribution in [0.4, 0.5) is 0 Å². The van der Waals surface area contributed by atoms with Gasteiger partial charge in [-0.25, -0.2) is 15.2 Å². The number of carbonyl (C=O) groups excluding carboxylic acids is 2. The van der Waals surface area contributed by atoms with Crippen molar-refractivity contribution in [2.75, 3.05) is 12.4 Å². The molecule has 0 atom stereocenters. The second-order valence-corrected chi connectivity index (χ2v) is 8.01. The lowest BCUT2D eigenvalue weighted by Gasteiger charge is -2.05. The number of amides is 1. The molecule has 0 aliphatic heterocycles. The van der Waals surface area contributed by atoms with Gasteiger partial charge in [-0.1, -0.05) is 49.0 Å². The van der Waals surface area contributed by atoms with Gasteiger partial charge in [0.25, 0.3) is 5.91 Å². The molecule has 0 fully saturated rings. The number of thioether (sulfide) groups is 1. The van der Waals surface area contributed by atoms with E-state index >= 15 is 0 Å². The van der Waals surface area contributed by atoms with Gasteiger partial charge in [0, 0.05) is 5.56 Å². The summed E-state index contributed by atoms with van der Waals surface area (Å²) in [5.41, 5.74) is 4.41. The van der Waals surface area contributed by atoms with E-state index in [1.807, 2.05) is 31.2 Å². The van der Waals surface area contributed by atoms with Crippen LogP contribution in [0.3, 0.4) is 0 Å². The first kappa shape index (κ1) is 20.0. The van der Waals surface area contributed by atoms with Gasteiger partial charge in [-0.05, 0) is 24.6 Å². The van der Waals surface area contributed by atoms with Crippen molar-refractivity contribution in [3.8, 4) is 0 Å². The van der Waals surface area contributed by atoms with Gasteiger partial charge in [-0.15, -0.1) is 11.3 Å². The van der Waals surface area contributed by atoms with Gasteiger partial charge in [0.05, 0.1) is 34.4 Å². The predicted octanol–water partition coefficient (Wildman–Crippen LogP) is 4.11. The summed E-state index contributed by atoms with van der Waals surface area (Å²) >= 11 is 2.92. The summed E-state index contributed by atoms with van der Waals surface area (Å²) in [6.07, 6.45) is 2.20. The zero-order valence-corrected chi connectivity index (χ0v) is 16.9. The molecule has 0 bridgehead atoms. The van der Waals surface area contributed by atoms with E-state index in [9.17, 15) is 9.59 Å². The van der Waals surface area contributed by atoms with Crippen LogP contribution in [0.25, 0.3) is 10.2 Å². The fraction of sp³-hybridized carbons (Fsp3) is 0.200. The number of ether oxygens (including phenoxy) is 1. The van der Waals surface area contributed by atoms with Gasteiger partial charge >= 0.3 is 5.97 Å². The molecule has 0 aliphatic rings. The normalized spacial score (nSPS) is 11.0. The van der Waals surface area contributed by atoms with Gasteiger partial charge in [0.2, 0.25) is 0 Å². The predicted molar refractivity (Wildman–Crippen MR) is 113 cm³/mol. The van der Waals surface area contributed by atoms with Gasteiger partial charge in [-0.2, -0.15) is 5.10 Å². The number of hydrogen-bond donors (Lipinski definition) is 1. The van der Waals surface area contributed by atoms with Crippen molar-refractivity contribution in [1.82, 2.24) is 10.4 Å². The van der Waals surface area contributed by atoms with Crippen molar-refractivity contribution in [3.63, 3.8) is 0 Å². The van der Waals surface area contributed by atoms with Gasteiger partial charge in [0.15, 0.2) is 4.34 Å². The van der Waals surface area contributed by atoms with Gasteiger partial charge < -0.3 is 4.74 Å². The molecule has 0 radical (unpaired) electrons. The minimum Gasteiger partial charge on any atom is -0.462 e. The van der Waals surface area contributed by atoms with E-state index in [0.29, 0.717) is 17.7 Å². The second-order valence-electron chi connectivity index (χ2n) is 5.75. The summed E-state index contributed by atoms with van der Waals surface area (Å²) < 4.78 is 7.09. The van der Waals surface area contributed by atoms with E-state index in [1.165, 1.54) is 18.0 Å². The van der Waals surface area contributed by atoms with Crippen molar-refractivity contribution in [3.05, 3.63) is 59.7 Å². The average Bonchev–Trinajstić information content (AvgIpc) is 3.14. The average molecular weight is 414 g/mol. The van der Waals surface area contributed by atoms with Crippen LogP contribution in [-0.2, 0) is 9.53 Å². The largest absolute Gasteiger partial charge is 0.462 e. The van der Waals surface area contributed by atoms with Crippen molar-refractivity contribution in [1.29, 1.82) is 0 Å². The number of nitrogens with one attached hydrogen (secondary N) is 1. The topological polar surface area (TPSA) is 80.6 Å². The molecule has 1 amide bonds. The van der Waals surface area contributed by atoms with E-state index in [4.69, 9.17) is 4.74 Å². The Morgan fingerprint density at radius 1 is 1.21 bits per heavy atom. The van der Waals surface area contributed by atoms with Crippen LogP contribution < -0.4 is 5.43 Å². The highest BCUT2D eigenvalue weighted by atomic mass is 32.2. The summed E-state index contributed by atoms with van der Waals surface area (Å²) in [7, 11) is 0. The molecule has 1 heterocycles. The molecule has 2 aromatic carbocycles. The Morgan fingerprint density at radius 2 is 2.00 bits per heavy atom. The van der Waals surface area contributed by atoms with Crippen LogP contribution in [0.1, 0.15) is 29.3 Å². The molecule has 0 saturated heterocycles. The highest BCUT2D eigenvalue weighted by Crippen LogP contribution is 2.28. The number of hydrogen-bond acceptors (Lipinski definition) is 7. The quantitative estimate of drug-likeness (QED) is 0.260. The van der Waals surface area contributed by atoms with Crippen LogP contribution in [0, 0.1) is 0 Å². The van der Waals surface area contributed by atoms with E-state index in [2.05, 4.69) is 15.5 Å².